The zero-order chi connectivity index (χ0) is 19.7. The summed E-state index contributed by atoms with van der Waals surface area (Å²) >= 11 is 6.55. The summed E-state index contributed by atoms with van der Waals surface area (Å²) in [6.45, 7) is 3.90. The van der Waals surface area contributed by atoms with Crippen LogP contribution in [0.5, 0.6) is 0 Å². The van der Waals surface area contributed by atoms with E-state index in [0.717, 1.165) is 24.8 Å². The minimum Gasteiger partial charge on any atom is -0.348 e. The number of halogens is 2. The quantitative estimate of drug-likeness (QED) is 0.779. The third kappa shape index (κ3) is 3.79. The molecule has 6 nitrogen and oxygen atoms in total. The number of hydrogen-bond acceptors (Lipinski definition) is 4. The van der Waals surface area contributed by atoms with Crippen molar-refractivity contribution in [1.82, 2.24) is 14.7 Å². The van der Waals surface area contributed by atoms with Gasteiger partial charge >= 0.3 is 0 Å². The molecule has 0 radical (unpaired) electrons. The Balaban J connectivity index is 1.58. The molecule has 0 N–H and O–H groups in total. The molecule has 1 amide bonds. The number of amides is 1. The molecule has 2 fully saturated rings. The SMILES string of the molecule is Cc1nn(Cc2ccc(F)cc2)c(Cl)c1C(=O)N1CCCCC1C1OCCO1. The Kier molecular flexibility index (Phi) is 5.66. The van der Waals surface area contributed by atoms with E-state index in [1.54, 1.807) is 23.7 Å². The van der Waals surface area contributed by atoms with Crippen LogP contribution in [0.15, 0.2) is 24.3 Å². The van der Waals surface area contributed by atoms with Crippen molar-refractivity contribution in [2.45, 2.75) is 45.1 Å². The summed E-state index contributed by atoms with van der Waals surface area (Å²) in [7, 11) is 0. The van der Waals surface area contributed by atoms with Crippen molar-refractivity contribution in [2.75, 3.05) is 19.8 Å². The Bertz CT molecular complexity index is 849. The molecule has 0 spiro atoms. The Morgan fingerprint density at radius 2 is 1.96 bits per heavy atom. The van der Waals surface area contributed by atoms with E-state index in [1.807, 2.05) is 4.90 Å². The monoisotopic (exact) mass is 407 g/mol. The van der Waals surface area contributed by atoms with Crippen LogP contribution in [-0.4, -0.2) is 52.7 Å². The van der Waals surface area contributed by atoms with Gasteiger partial charge in [-0.15, -0.1) is 0 Å². The number of aromatic nitrogens is 2. The van der Waals surface area contributed by atoms with E-state index in [9.17, 15) is 9.18 Å². The van der Waals surface area contributed by atoms with Gasteiger partial charge in [-0.2, -0.15) is 5.10 Å². The number of carbonyl (C=O) groups is 1. The molecular formula is C20H23ClFN3O3. The Hall–Kier alpha value is -1.96. The Labute approximate surface area is 168 Å². The second-order valence-electron chi connectivity index (χ2n) is 7.21. The van der Waals surface area contributed by atoms with Gasteiger partial charge in [-0.1, -0.05) is 23.7 Å². The minimum atomic E-state index is -0.377. The van der Waals surface area contributed by atoms with Crippen molar-refractivity contribution in [2.24, 2.45) is 0 Å². The largest absolute Gasteiger partial charge is 0.348 e. The van der Waals surface area contributed by atoms with Gasteiger partial charge in [-0.3, -0.25) is 4.79 Å². The highest BCUT2D eigenvalue weighted by Gasteiger charge is 2.38. The van der Waals surface area contributed by atoms with Gasteiger partial charge in [0.2, 0.25) is 0 Å². The molecule has 3 heterocycles. The molecule has 1 unspecified atom stereocenters. The van der Waals surface area contributed by atoms with Crippen LogP contribution in [0.2, 0.25) is 5.15 Å². The van der Waals surface area contributed by atoms with E-state index >= 15 is 0 Å². The summed E-state index contributed by atoms with van der Waals surface area (Å²) in [4.78, 5) is 15.2. The zero-order valence-corrected chi connectivity index (χ0v) is 16.5. The number of rotatable bonds is 4. The van der Waals surface area contributed by atoms with E-state index in [-0.39, 0.29) is 24.1 Å². The lowest BCUT2D eigenvalue weighted by Crippen LogP contribution is -2.50. The highest BCUT2D eigenvalue weighted by Crippen LogP contribution is 2.29. The molecule has 28 heavy (non-hydrogen) atoms. The van der Waals surface area contributed by atoms with Crippen LogP contribution in [0.1, 0.15) is 40.9 Å². The van der Waals surface area contributed by atoms with Crippen molar-refractivity contribution in [3.63, 3.8) is 0 Å². The summed E-state index contributed by atoms with van der Waals surface area (Å²) in [6.07, 6.45) is 2.44. The molecule has 2 aromatic rings. The van der Waals surface area contributed by atoms with Crippen LogP contribution in [-0.2, 0) is 16.0 Å². The van der Waals surface area contributed by atoms with Gasteiger partial charge in [0.1, 0.15) is 11.0 Å². The summed E-state index contributed by atoms with van der Waals surface area (Å²) in [5.41, 5.74) is 1.84. The molecule has 0 bridgehead atoms. The van der Waals surface area contributed by atoms with Crippen LogP contribution in [0.4, 0.5) is 4.39 Å². The number of piperidine rings is 1. The third-order valence-corrected chi connectivity index (χ3v) is 5.68. The standard InChI is InChI=1S/C20H23ClFN3O3/c1-13-17(18(21)25(23-13)12-14-5-7-15(22)8-6-14)19(26)24-9-3-2-4-16(24)20-27-10-11-28-20/h5-8,16,20H,2-4,9-12H2,1H3. The maximum Gasteiger partial charge on any atom is 0.259 e. The first-order valence-corrected chi connectivity index (χ1v) is 9.94. The van der Waals surface area contributed by atoms with Crippen molar-refractivity contribution < 1.29 is 18.7 Å². The maximum absolute atomic E-state index is 13.3. The van der Waals surface area contributed by atoms with Crippen LogP contribution in [0.25, 0.3) is 0 Å². The summed E-state index contributed by atoms with van der Waals surface area (Å²) in [5.74, 6) is -0.438. The highest BCUT2D eigenvalue weighted by molar-refractivity contribution is 6.33. The minimum absolute atomic E-state index is 0.111. The Morgan fingerprint density at radius 1 is 1.25 bits per heavy atom. The Morgan fingerprint density at radius 3 is 2.68 bits per heavy atom. The van der Waals surface area contributed by atoms with Crippen LogP contribution < -0.4 is 0 Å². The van der Waals surface area contributed by atoms with Gasteiger partial charge in [0.15, 0.2) is 6.29 Å². The molecule has 8 heteroatoms. The third-order valence-electron chi connectivity index (χ3n) is 5.30. The van der Waals surface area contributed by atoms with Crippen molar-refractivity contribution in [3.8, 4) is 0 Å². The molecule has 1 aromatic carbocycles. The average molecular weight is 408 g/mol. The fourth-order valence-electron chi connectivity index (χ4n) is 3.90. The molecule has 4 rings (SSSR count). The fourth-order valence-corrected chi connectivity index (χ4v) is 4.21. The summed E-state index contributed by atoms with van der Waals surface area (Å²) in [6, 6.07) is 6.04. The van der Waals surface area contributed by atoms with Gasteiger partial charge < -0.3 is 14.4 Å². The lowest BCUT2D eigenvalue weighted by Gasteiger charge is -2.38. The van der Waals surface area contributed by atoms with Crippen LogP contribution in [0.3, 0.4) is 0 Å². The number of nitrogens with zero attached hydrogens (tertiary/aromatic N) is 3. The van der Waals surface area contributed by atoms with E-state index < -0.39 is 0 Å². The number of ether oxygens (including phenoxy) is 2. The van der Waals surface area contributed by atoms with Gasteiger partial charge in [0.25, 0.3) is 5.91 Å². The van der Waals surface area contributed by atoms with Gasteiger partial charge in [-0.05, 0) is 43.9 Å². The van der Waals surface area contributed by atoms with Gasteiger partial charge in [0.05, 0.1) is 37.1 Å². The van der Waals surface area contributed by atoms with E-state index in [2.05, 4.69) is 5.10 Å². The number of aryl methyl sites for hydroxylation is 1. The first-order chi connectivity index (χ1) is 13.5. The first-order valence-electron chi connectivity index (χ1n) is 9.56. The molecule has 2 aliphatic heterocycles. The maximum atomic E-state index is 13.3. The van der Waals surface area contributed by atoms with E-state index in [0.29, 0.717) is 42.7 Å². The first kappa shape index (κ1) is 19.4. The van der Waals surface area contributed by atoms with Gasteiger partial charge in [0, 0.05) is 6.54 Å². The second kappa shape index (κ2) is 8.19. The average Bonchev–Trinajstić information content (AvgIpc) is 3.32. The van der Waals surface area contributed by atoms with Gasteiger partial charge in [-0.25, -0.2) is 9.07 Å². The molecular weight excluding hydrogens is 385 g/mol. The molecule has 0 saturated carbocycles. The molecule has 1 atom stereocenters. The predicted molar refractivity (Wildman–Crippen MR) is 102 cm³/mol. The lowest BCUT2D eigenvalue weighted by atomic mass is 10.0. The lowest BCUT2D eigenvalue weighted by molar-refractivity contribution is -0.100. The number of benzene rings is 1. The number of carbonyl (C=O) groups excluding carboxylic acids is 1. The normalized spacial score (nSPS) is 20.7. The summed E-state index contributed by atoms with van der Waals surface area (Å²) < 4.78 is 26.0. The predicted octanol–water partition coefficient (Wildman–Crippen LogP) is 3.40. The molecule has 2 aliphatic rings. The zero-order valence-electron chi connectivity index (χ0n) is 15.7. The second-order valence-corrected chi connectivity index (χ2v) is 7.56. The van der Waals surface area contributed by atoms with Crippen LogP contribution >= 0.6 is 11.6 Å². The van der Waals surface area contributed by atoms with E-state index in [4.69, 9.17) is 21.1 Å². The molecule has 0 aliphatic carbocycles. The molecule has 1 aromatic heterocycles. The van der Waals surface area contributed by atoms with E-state index in [1.165, 1.54) is 12.1 Å². The fraction of sp³-hybridized carbons (Fsp3) is 0.500. The number of likely N-dealkylation sites (tertiary alicyclic amines) is 1. The van der Waals surface area contributed by atoms with Crippen LogP contribution in [0, 0.1) is 12.7 Å². The number of hydrogen-bond donors (Lipinski definition) is 0. The molecule has 2 saturated heterocycles. The van der Waals surface area contributed by atoms with Crippen molar-refractivity contribution in [1.29, 1.82) is 0 Å². The highest BCUT2D eigenvalue weighted by atomic mass is 35.5. The van der Waals surface area contributed by atoms with Crippen molar-refractivity contribution >= 4 is 17.5 Å². The smallest absolute Gasteiger partial charge is 0.259 e. The molecule has 150 valence electrons. The van der Waals surface area contributed by atoms with Crippen molar-refractivity contribution in [3.05, 3.63) is 52.1 Å². The summed E-state index contributed by atoms with van der Waals surface area (Å²) in [5, 5.41) is 4.74. The topological polar surface area (TPSA) is 56.6 Å².